The number of aliphatic hydroxyl groups is 1. The fraction of sp³-hybridized carbons (Fsp3) is 0.923. The Morgan fingerprint density at radius 2 is 2.24 bits per heavy atom. The van der Waals surface area contributed by atoms with Crippen LogP contribution in [-0.2, 0) is 4.79 Å². The Bertz CT molecular complexity index is 307. The Kier molecular flexibility index (Phi) is 3.46. The van der Waals surface area contributed by atoms with E-state index in [1.165, 1.54) is 6.42 Å². The van der Waals surface area contributed by atoms with Gasteiger partial charge >= 0.3 is 5.97 Å². The largest absolute Gasteiger partial charge is 0.481 e. The molecule has 1 aliphatic carbocycles. The van der Waals surface area contributed by atoms with Crippen LogP contribution in [0.1, 0.15) is 39.0 Å². The van der Waals surface area contributed by atoms with Gasteiger partial charge in [-0.1, -0.05) is 6.92 Å². The Labute approximate surface area is 103 Å². The molecule has 0 radical (unpaired) electrons. The van der Waals surface area contributed by atoms with Crippen molar-refractivity contribution in [3.63, 3.8) is 0 Å². The van der Waals surface area contributed by atoms with Gasteiger partial charge in [0.1, 0.15) is 0 Å². The molecular formula is C13H23NO3. The second-order valence-electron chi connectivity index (χ2n) is 6.11. The molecule has 0 amide bonds. The van der Waals surface area contributed by atoms with E-state index in [9.17, 15) is 9.90 Å². The summed E-state index contributed by atoms with van der Waals surface area (Å²) in [6.07, 6.45) is 3.89. The first-order valence-electron chi connectivity index (χ1n) is 6.55. The van der Waals surface area contributed by atoms with E-state index in [1.807, 2.05) is 6.92 Å². The molecule has 3 rings (SSSR count). The number of hydrogen-bond donors (Lipinski definition) is 2. The van der Waals surface area contributed by atoms with Crippen LogP contribution >= 0.6 is 0 Å². The van der Waals surface area contributed by atoms with Crippen molar-refractivity contribution < 1.29 is 15.0 Å². The molecule has 2 bridgehead atoms. The van der Waals surface area contributed by atoms with Crippen molar-refractivity contribution in [3.8, 4) is 0 Å². The van der Waals surface area contributed by atoms with Crippen LogP contribution < -0.4 is 0 Å². The molecule has 3 fully saturated rings. The zero-order valence-corrected chi connectivity index (χ0v) is 10.7. The normalized spacial score (nSPS) is 39.2. The molecule has 3 aliphatic rings. The number of likely N-dealkylation sites (N-methyl/N-ethyl adjacent to an activating group) is 1. The van der Waals surface area contributed by atoms with Gasteiger partial charge in [0.25, 0.3) is 0 Å². The quantitative estimate of drug-likeness (QED) is 0.779. The highest BCUT2D eigenvalue weighted by Crippen LogP contribution is 2.44. The van der Waals surface area contributed by atoms with E-state index < -0.39 is 11.6 Å². The second kappa shape index (κ2) is 4.58. The van der Waals surface area contributed by atoms with Crippen LogP contribution in [0, 0.1) is 11.8 Å². The van der Waals surface area contributed by atoms with Crippen molar-refractivity contribution >= 4 is 5.97 Å². The molecule has 98 valence electrons. The maximum absolute atomic E-state index is 10.8. The van der Waals surface area contributed by atoms with Gasteiger partial charge in [-0.3, -0.25) is 4.79 Å². The molecule has 4 atom stereocenters. The summed E-state index contributed by atoms with van der Waals surface area (Å²) in [6.45, 7) is 3.01. The highest BCUT2D eigenvalue weighted by atomic mass is 16.4. The molecule has 1 saturated carbocycles. The highest BCUT2D eigenvalue weighted by molar-refractivity contribution is 5.66. The lowest BCUT2D eigenvalue weighted by molar-refractivity contribution is -0.143. The van der Waals surface area contributed by atoms with E-state index in [0.717, 1.165) is 19.4 Å². The minimum absolute atomic E-state index is 0.0465. The van der Waals surface area contributed by atoms with Crippen LogP contribution in [0.3, 0.4) is 0 Å². The Hall–Kier alpha value is -0.610. The summed E-state index contributed by atoms with van der Waals surface area (Å²) < 4.78 is 0. The van der Waals surface area contributed by atoms with Gasteiger partial charge in [0, 0.05) is 19.0 Å². The fourth-order valence-corrected chi connectivity index (χ4v) is 3.91. The second-order valence-corrected chi connectivity index (χ2v) is 6.11. The van der Waals surface area contributed by atoms with Crippen molar-refractivity contribution in [2.75, 3.05) is 13.6 Å². The molecular weight excluding hydrogens is 218 g/mol. The summed E-state index contributed by atoms with van der Waals surface area (Å²) >= 11 is 0. The van der Waals surface area contributed by atoms with Crippen molar-refractivity contribution in [1.82, 2.24) is 4.90 Å². The topological polar surface area (TPSA) is 60.8 Å². The minimum atomic E-state index is -0.768. The molecule has 4 heteroatoms. The molecule has 2 heterocycles. The fourth-order valence-electron chi connectivity index (χ4n) is 3.91. The number of carbonyl (C=O) groups is 1. The van der Waals surface area contributed by atoms with Gasteiger partial charge in [-0.2, -0.15) is 0 Å². The number of piperidine rings is 2. The Morgan fingerprint density at radius 1 is 1.53 bits per heavy atom. The van der Waals surface area contributed by atoms with Crippen LogP contribution in [0.2, 0.25) is 0 Å². The highest BCUT2D eigenvalue weighted by Gasteiger charge is 2.49. The van der Waals surface area contributed by atoms with E-state index in [4.69, 9.17) is 5.11 Å². The maximum atomic E-state index is 10.8. The lowest BCUT2D eigenvalue weighted by Gasteiger charge is -2.54. The summed E-state index contributed by atoms with van der Waals surface area (Å²) in [5, 5.41) is 19.6. The zero-order valence-electron chi connectivity index (χ0n) is 10.7. The maximum Gasteiger partial charge on any atom is 0.303 e. The molecule has 0 aromatic rings. The van der Waals surface area contributed by atoms with E-state index in [-0.39, 0.29) is 18.4 Å². The third-order valence-corrected chi connectivity index (χ3v) is 4.41. The first kappa shape index (κ1) is 12.8. The molecule has 2 N–H and O–H groups in total. The van der Waals surface area contributed by atoms with E-state index >= 15 is 0 Å². The van der Waals surface area contributed by atoms with Gasteiger partial charge in [0.15, 0.2) is 0 Å². The van der Waals surface area contributed by atoms with Gasteiger partial charge in [-0.25, -0.2) is 0 Å². The number of fused-ring (bicyclic) bond motifs is 3. The van der Waals surface area contributed by atoms with Gasteiger partial charge < -0.3 is 15.1 Å². The molecule has 2 aliphatic heterocycles. The lowest BCUT2D eigenvalue weighted by atomic mass is 9.67. The lowest BCUT2D eigenvalue weighted by Crippen LogP contribution is -2.62. The number of carboxylic acid groups (broad SMARTS) is 1. The zero-order chi connectivity index (χ0) is 12.6. The average molecular weight is 241 g/mol. The predicted octanol–water partition coefficient (Wildman–Crippen LogP) is 1.33. The summed E-state index contributed by atoms with van der Waals surface area (Å²) in [5.74, 6) is -0.132. The first-order chi connectivity index (χ1) is 7.90. The number of carboxylic acids is 1. The number of hydrogen-bond acceptors (Lipinski definition) is 3. The van der Waals surface area contributed by atoms with Crippen LogP contribution in [-0.4, -0.2) is 46.3 Å². The molecule has 1 unspecified atom stereocenters. The smallest absolute Gasteiger partial charge is 0.303 e. The van der Waals surface area contributed by atoms with Crippen molar-refractivity contribution in [2.24, 2.45) is 11.8 Å². The average Bonchev–Trinajstić information content (AvgIpc) is 2.13. The van der Waals surface area contributed by atoms with E-state index in [1.54, 1.807) is 0 Å². The van der Waals surface area contributed by atoms with Crippen LogP contribution in [0.5, 0.6) is 0 Å². The predicted molar refractivity (Wildman–Crippen MR) is 64.7 cm³/mol. The Balaban J connectivity index is 2.01. The third-order valence-electron chi connectivity index (χ3n) is 4.41. The molecule has 4 nitrogen and oxygen atoms in total. The number of nitrogens with zero attached hydrogens (tertiary/aromatic N) is 1. The molecule has 0 spiro atoms. The summed E-state index contributed by atoms with van der Waals surface area (Å²) in [7, 11) is 2.07. The first-order valence-corrected chi connectivity index (χ1v) is 6.55. The summed E-state index contributed by atoms with van der Waals surface area (Å²) in [6, 6.07) is 0.226. The van der Waals surface area contributed by atoms with Crippen LogP contribution in [0.15, 0.2) is 0 Å². The monoisotopic (exact) mass is 241 g/mol. The van der Waals surface area contributed by atoms with Gasteiger partial charge in [0.2, 0.25) is 0 Å². The summed E-state index contributed by atoms with van der Waals surface area (Å²) in [5.41, 5.74) is -0.662. The van der Waals surface area contributed by atoms with Crippen molar-refractivity contribution in [1.29, 1.82) is 0 Å². The van der Waals surface area contributed by atoms with E-state index in [2.05, 4.69) is 11.9 Å². The molecule has 2 saturated heterocycles. The number of rotatable bonds is 4. The van der Waals surface area contributed by atoms with Gasteiger partial charge in [-0.05, 0) is 44.6 Å². The van der Waals surface area contributed by atoms with Crippen molar-refractivity contribution in [2.45, 2.75) is 50.7 Å². The minimum Gasteiger partial charge on any atom is -0.481 e. The van der Waals surface area contributed by atoms with Crippen LogP contribution in [0.4, 0.5) is 0 Å². The van der Waals surface area contributed by atoms with Crippen molar-refractivity contribution in [3.05, 3.63) is 0 Å². The third kappa shape index (κ3) is 2.63. The van der Waals surface area contributed by atoms with Gasteiger partial charge in [0.05, 0.1) is 5.60 Å². The summed E-state index contributed by atoms with van der Waals surface area (Å²) in [4.78, 5) is 12.9. The molecule has 0 aromatic carbocycles. The molecule has 17 heavy (non-hydrogen) atoms. The van der Waals surface area contributed by atoms with Crippen LogP contribution in [0.25, 0.3) is 0 Å². The molecule has 0 aromatic heterocycles. The Morgan fingerprint density at radius 3 is 2.76 bits per heavy atom. The number of aliphatic carboxylic acids is 1. The SMILES string of the molecule is CC(CC(=O)O)C[C@@]1(O)C[C@@H]2CC[C@H]1N(C)C2. The standard InChI is InChI=1S/C13H23NO3/c1-9(5-12(15)16)6-13(17)7-10-3-4-11(13)14(2)8-10/h9-11,17H,3-8H2,1-2H3,(H,15,16)/t9?,10-,11+,13+/m0/s1. The van der Waals surface area contributed by atoms with Gasteiger partial charge in [-0.15, -0.1) is 0 Å². The van der Waals surface area contributed by atoms with E-state index in [0.29, 0.717) is 12.3 Å².